The van der Waals surface area contributed by atoms with Crippen LogP contribution in [0.5, 0.6) is 0 Å². The lowest BCUT2D eigenvalue weighted by Crippen LogP contribution is -2.25. The van der Waals surface area contributed by atoms with Crippen LogP contribution in [-0.2, 0) is 11.3 Å². The average molecular weight is 300 g/mol. The number of hydrogen-bond acceptors (Lipinski definition) is 2. The van der Waals surface area contributed by atoms with Crippen molar-refractivity contribution in [2.75, 3.05) is 6.54 Å². The van der Waals surface area contributed by atoms with Gasteiger partial charge in [-0.1, -0.05) is 28.1 Å². The van der Waals surface area contributed by atoms with Gasteiger partial charge in [0.05, 0.1) is 12.7 Å². The summed E-state index contributed by atoms with van der Waals surface area (Å²) in [6.07, 6.45) is 2.55. The third-order valence-corrected chi connectivity index (χ3v) is 4.86. The van der Waals surface area contributed by atoms with Crippen LogP contribution in [0.25, 0.3) is 0 Å². The van der Waals surface area contributed by atoms with Crippen molar-refractivity contribution in [2.45, 2.75) is 35.9 Å². The first-order valence-electron chi connectivity index (χ1n) is 5.93. The Morgan fingerprint density at radius 3 is 2.65 bits per heavy atom. The number of alkyl halides is 1. The molecule has 1 aliphatic heterocycles. The molecular formula is C13H15BrFNO. The maximum Gasteiger partial charge on any atom is 0.123 e. The summed E-state index contributed by atoms with van der Waals surface area (Å²) in [6, 6.07) is 6.50. The van der Waals surface area contributed by atoms with Crippen LogP contribution in [0, 0.1) is 5.82 Å². The van der Waals surface area contributed by atoms with Crippen LogP contribution >= 0.6 is 15.9 Å². The van der Waals surface area contributed by atoms with Crippen LogP contribution < -0.4 is 5.32 Å². The fraction of sp³-hybridized carbons (Fsp3) is 0.538. The standard InChI is InChI=1S/C13H15BrFNO/c14-12-6-13(12)5-11(7-16-13)17-8-9-1-3-10(15)4-2-9/h1-4,11-12,16H,5-8H2. The minimum atomic E-state index is -0.199. The Hall–Kier alpha value is -0.450. The van der Waals surface area contributed by atoms with Crippen LogP contribution in [0.4, 0.5) is 4.39 Å². The van der Waals surface area contributed by atoms with Gasteiger partial charge in [-0.25, -0.2) is 4.39 Å². The highest BCUT2D eigenvalue weighted by atomic mass is 79.9. The van der Waals surface area contributed by atoms with Gasteiger partial charge < -0.3 is 10.1 Å². The molecule has 2 nitrogen and oxygen atoms in total. The van der Waals surface area contributed by atoms with E-state index in [1.165, 1.54) is 18.6 Å². The zero-order valence-electron chi connectivity index (χ0n) is 9.46. The number of ether oxygens (including phenoxy) is 1. The first kappa shape index (κ1) is 11.6. The molecule has 0 bridgehead atoms. The summed E-state index contributed by atoms with van der Waals surface area (Å²) >= 11 is 3.64. The van der Waals surface area contributed by atoms with E-state index in [9.17, 15) is 4.39 Å². The van der Waals surface area contributed by atoms with E-state index in [1.54, 1.807) is 12.1 Å². The molecule has 0 radical (unpaired) electrons. The molecule has 2 aliphatic rings. The predicted molar refractivity (Wildman–Crippen MR) is 67.7 cm³/mol. The largest absolute Gasteiger partial charge is 0.372 e. The van der Waals surface area contributed by atoms with Crippen molar-refractivity contribution < 1.29 is 9.13 Å². The van der Waals surface area contributed by atoms with Crippen molar-refractivity contribution in [1.29, 1.82) is 0 Å². The summed E-state index contributed by atoms with van der Waals surface area (Å²) < 4.78 is 18.6. The number of rotatable bonds is 3. The third-order valence-electron chi connectivity index (χ3n) is 3.66. The molecule has 1 aliphatic carbocycles. The van der Waals surface area contributed by atoms with E-state index in [4.69, 9.17) is 4.74 Å². The second-order valence-electron chi connectivity index (χ2n) is 4.97. The minimum Gasteiger partial charge on any atom is -0.372 e. The Balaban J connectivity index is 1.50. The van der Waals surface area contributed by atoms with E-state index in [1.807, 2.05) is 0 Å². The summed E-state index contributed by atoms with van der Waals surface area (Å²) in [4.78, 5) is 0.606. The zero-order chi connectivity index (χ0) is 11.9. The molecule has 3 unspecified atom stereocenters. The summed E-state index contributed by atoms with van der Waals surface area (Å²) in [7, 11) is 0. The molecule has 17 heavy (non-hydrogen) atoms. The molecule has 1 N–H and O–H groups in total. The van der Waals surface area contributed by atoms with E-state index in [0.717, 1.165) is 18.5 Å². The van der Waals surface area contributed by atoms with Gasteiger partial charge >= 0.3 is 0 Å². The highest BCUT2D eigenvalue weighted by Gasteiger charge is 2.56. The van der Waals surface area contributed by atoms with Gasteiger partial charge in [-0.3, -0.25) is 0 Å². The van der Waals surface area contributed by atoms with Gasteiger partial charge in [-0.2, -0.15) is 0 Å². The maximum atomic E-state index is 12.7. The molecule has 3 rings (SSSR count). The Kier molecular flexibility index (Phi) is 2.97. The van der Waals surface area contributed by atoms with Crippen molar-refractivity contribution in [3.05, 3.63) is 35.6 Å². The number of halogens is 2. The van der Waals surface area contributed by atoms with E-state index in [2.05, 4.69) is 21.2 Å². The molecule has 0 aromatic heterocycles. The maximum absolute atomic E-state index is 12.7. The second-order valence-corrected chi connectivity index (χ2v) is 6.08. The van der Waals surface area contributed by atoms with E-state index in [0.29, 0.717) is 17.0 Å². The van der Waals surface area contributed by atoms with Crippen LogP contribution in [-0.4, -0.2) is 23.0 Å². The van der Waals surface area contributed by atoms with Gasteiger partial charge in [0.15, 0.2) is 0 Å². The lowest BCUT2D eigenvalue weighted by Gasteiger charge is -2.11. The highest BCUT2D eigenvalue weighted by Crippen LogP contribution is 2.48. The topological polar surface area (TPSA) is 21.3 Å². The predicted octanol–water partition coefficient (Wildman–Crippen LogP) is 2.61. The molecule has 2 fully saturated rings. The van der Waals surface area contributed by atoms with Crippen LogP contribution in [0.15, 0.2) is 24.3 Å². The first-order chi connectivity index (χ1) is 8.18. The molecule has 4 heteroatoms. The molecule has 1 saturated heterocycles. The summed E-state index contributed by atoms with van der Waals surface area (Å²) in [5, 5.41) is 3.52. The molecule has 1 spiro atoms. The molecule has 3 atom stereocenters. The van der Waals surface area contributed by atoms with Gasteiger partial charge in [0.2, 0.25) is 0 Å². The van der Waals surface area contributed by atoms with E-state index < -0.39 is 0 Å². The summed E-state index contributed by atoms with van der Waals surface area (Å²) in [6.45, 7) is 1.49. The number of nitrogens with one attached hydrogen (secondary N) is 1. The molecule has 1 saturated carbocycles. The third kappa shape index (κ3) is 2.39. The van der Waals surface area contributed by atoms with Gasteiger partial charge in [-0.05, 0) is 30.5 Å². The molecule has 92 valence electrons. The van der Waals surface area contributed by atoms with E-state index in [-0.39, 0.29) is 11.9 Å². The monoisotopic (exact) mass is 299 g/mol. The van der Waals surface area contributed by atoms with Crippen molar-refractivity contribution in [2.24, 2.45) is 0 Å². The lowest BCUT2D eigenvalue weighted by atomic mass is 10.2. The Labute approximate surface area is 109 Å². The molecule has 1 heterocycles. The van der Waals surface area contributed by atoms with Gasteiger partial charge in [0.25, 0.3) is 0 Å². The second kappa shape index (κ2) is 4.34. The molecule has 0 amide bonds. The quantitative estimate of drug-likeness (QED) is 0.867. The van der Waals surface area contributed by atoms with Crippen molar-refractivity contribution in [1.82, 2.24) is 5.32 Å². The Morgan fingerprint density at radius 2 is 2.06 bits per heavy atom. The van der Waals surface area contributed by atoms with Crippen molar-refractivity contribution in [3.8, 4) is 0 Å². The zero-order valence-corrected chi connectivity index (χ0v) is 11.0. The normalized spacial score (nSPS) is 35.4. The Bertz CT molecular complexity index is 410. The summed E-state index contributed by atoms with van der Waals surface area (Å²) in [5.74, 6) is -0.199. The van der Waals surface area contributed by atoms with Crippen molar-refractivity contribution >= 4 is 15.9 Å². The fourth-order valence-corrected chi connectivity index (χ4v) is 3.36. The smallest absolute Gasteiger partial charge is 0.123 e. The fourth-order valence-electron chi connectivity index (χ4n) is 2.44. The van der Waals surface area contributed by atoms with Gasteiger partial charge in [-0.15, -0.1) is 0 Å². The SMILES string of the molecule is Fc1ccc(COC2CNC3(C2)CC3Br)cc1. The van der Waals surface area contributed by atoms with Gasteiger partial charge in [0.1, 0.15) is 5.82 Å². The van der Waals surface area contributed by atoms with Crippen molar-refractivity contribution in [3.63, 3.8) is 0 Å². The number of benzene rings is 1. The Morgan fingerprint density at radius 1 is 1.35 bits per heavy atom. The molecule has 1 aromatic rings. The lowest BCUT2D eigenvalue weighted by molar-refractivity contribution is 0.0521. The van der Waals surface area contributed by atoms with Gasteiger partial charge in [0, 0.05) is 16.9 Å². The summed E-state index contributed by atoms with van der Waals surface area (Å²) in [5.41, 5.74) is 1.33. The highest BCUT2D eigenvalue weighted by molar-refractivity contribution is 9.09. The molecule has 1 aromatic carbocycles. The van der Waals surface area contributed by atoms with E-state index >= 15 is 0 Å². The number of hydrogen-bond donors (Lipinski definition) is 1. The first-order valence-corrected chi connectivity index (χ1v) is 6.85. The van der Waals surface area contributed by atoms with Crippen LogP contribution in [0.3, 0.4) is 0 Å². The van der Waals surface area contributed by atoms with Crippen LogP contribution in [0.2, 0.25) is 0 Å². The average Bonchev–Trinajstić information content (AvgIpc) is 2.76. The minimum absolute atomic E-state index is 0.199. The van der Waals surface area contributed by atoms with Crippen LogP contribution in [0.1, 0.15) is 18.4 Å². The molecular weight excluding hydrogens is 285 g/mol.